The second-order valence-electron chi connectivity index (χ2n) is 4.18. The molecule has 0 aliphatic heterocycles. The molecule has 1 unspecified atom stereocenters. The Bertz CT molecular complexity index is 612. The Kier molecular flexibility index (Phi) is 4.31. The highest BCUT2D eigenvalue weighted by Gasteiger charge is 2.15. The molecule has 0 aromatic heterocycles. The van der Waals surface area contributed by atoms with Crippen LogP contribution >= 0.6 is 0 Å². The van der Waals surface area contributed by atoms with Gasteiger partial charge in [0.25, 0.3) is 0 Å². The number of hydrogen-bond acceptors (Lipinski definition) is 3. The zero-order valence-electron chi connectivity index (χ0n) is 10.4. The number of nitrogens with one attached hydrogen (secondary N) is 1. The first-order valence-electron chi connectivity index (χ1n) is 5.95. The summed E-state index contributed by atoms with van der Waals surface area (Å²) in [4.78, 5) is 0.246. The van der Waals surface area contributed by atoms with Crippen molar-refractivity contribution in [2.75, 3.05) is 6.54 Å². The van der Waals surface area contributed by atoms with Gasteiger partial charge in [0.05, 0.1) is 4.90 Å². The first-order valence-corrected chi connectivity index (χ1v) is 7.43. The van der Waals surface area contributed by atoms with Gasteiger partial charge in [0.15, 0.2) is 0 Å². The fourth-order valence-electron chi connectivity index (χ4n) is 1.70. The van der Waals surface area contributed by atoms with Crippen molar-refractivity contribution in [2.24, 2.45) is 5.73 Å². The molecule has 0 saturated carbocycles. The van der Waals surface area contributed by atoms with Crippen molar-refractivity contribution in [1.82, 2.24) is 4.72 Å². The van der Waals surface area contributed by atoms with Crippen molar-refractivity contribution in [3.05, 3.63) is 66.2 Å². The zero-order chi connectivity index (χ0) is 13.7. The van der Waals surface area contributed by atoms with Gasteiger partial charge in [-0.25, -0.2) is 13.1 Å². The van der Waals surface area contributed by atoms with Gasteiger partial charge in [0, 0.05) is 12.6 Å². The van der Waals surface area contributed by atoms with Crippen LogP contribution in [0.2, 0.25) is 0 Å². The van der Waals surface area contributed by atoms with Crippen LogP contribution < -0.4 is 10.5 Å². The molecule has 0 bridgehead atoms. The predicted molar refractivity (Wildman–Crippen MR) is 75.0 cm³/mol. The van der Waals surface area contributed by atoms with E-state index < -0.39 is 10.0 Å². The van der Waals surface area contributed by atoms with E-state index >= 15 is 0 Å². The third kappa shape index (κ3) is 3.64. The summed E-state index contributed by atoms with van der Waals surface area (Å²) in [6.07, 6.45) is 0. The second kappa shape index (κ2) is 5.97. The third-order valence-corrected chi connectivity index (χ3v) is 4.21. The van der Waals surface area contributed by atoms with Gasteiger partial charge in [-0.3, -0.25) is 0 Å². The summed E-state index contributed by atoms with van der Waals surface area (Å²) >= 11 is 0. The van der Waals surface area contributed by atoms with Gasteiger partial charge >= 0.3 is 0 Å². The molecule has 0 aliphatic carbocycles. The van der Waals surface area contributed by atoms with Crippen molar-refractivity contribution < 1.29 is 8.42 Å². The second-order valence-corrected chi connectivity index (χ2v) is 5.95. The molecule has 19 heavy (non-hydrogen) atoms. The third-order valence-electron chi connectivity index (χ3n) is 2.77. The Hall–Kier alpha value is -1.69. The molecule has 100 valence electrons. The largest absolute Gasteiger partial charge is 0.323 e. The summed E-state index contributed by atoms with van der Waals surface area (Å²) in [5.41, 5.74) is 6.85. The van der Waals surface area contributed by atoms with Gasteiger partial charge < -0.3 is 5.73 Å². The average Bonchev–Trinajstić information content (AvgIpc) is 2.47. The maximum absolute atomic E-state index is 12.0. The van der Waals surface area contributed by atoms with Gasteiger partial charge in [-0.05, 0) is 17.7 Å². The number of sulfonamides is 1. The normalized spacial score (nSPS) is 13.1. The highest BCUT2D eigenvalue weighted by atomic mass is 32.2. The van der Waals surface area contributed by atoms with Crippen molar-refractivity contribution in [3.63, 3.8) is 0 Å². The Balaban J connectivity index is 2.03. The molecule has 2 rings (SSSR count). The Morgan fingerprint density at radius 3 is 2.05 bits per heavy atom. The standard InChI is InChI=1S/C14H16N2O2S/c15-14(12-7-3-1-4-8-12)11-16-19(17,18)13-9-5-2-6-10-13/h1-10,14,16H,11,15H2. The van der Waals surface area contributed by atoms with Crippen LogP contribution in [0.5, 0.6) is 0 Å². The molecule has 0 radical (unpaired) electrons. The lowest BCUT2D eigenvalue weighted by atomic mass is 10.1. The highest BCUT2D eigenvalue weighted by Crippen LogP contribution is 2.11. The Labute approximate surface area is 113 Å². The molecule has 0 heterocycles. The number of nitrogens with two attached hydrogens (primary N) is 1. The van der Waals surface area contributed by atoms with E-state index in [1.54, 1.807) is 30.3 Å². The van der Waals surface area contributed by atoms with E-state index in [-0.39, 0.29) is 17.5 Å². The molecule has 0 fully saturated rings. The lowest BCUT2D eigenvalue weighted by Gasteiger charge is -2.13. The van der Waals surface area contributed by atoms with Gasteiger partial charge in [0.2, 0.25) is 10.0 Å². The first-order chi connectivity index (χ1) is 9.09. The van der Waals surface area contributed by atoms with Gasteiger partial charge in [-0.1, -0.05) is 48.5 Å². The van der Waals surface area contributed by atoms with Crippen molar-refractivity contribution in [3.8, 4) is 0 Å². The van der Waals surface area contributed by atoms with E-state index in [1.165, 1.54) is 0 Å². The summed E-state index contributed by atoms with van der Waals surface area (Å²) in [5.74, 6) is 0. The number of hydrogen-bond donors (Lipinski definition) is 2. The molecule has 0 saturated heterocycles. The van der Waals surface area contributed by atoms with Crippen molar-refractivity contribution in [2.45, 2.75) is 10.9 Å². The molecule has 2 aromatic rings. The van der Waals surface area contributed by atoms with Crippen LogP contribution in [0.1, 0.15) is 11.6 Å². The summed E-state index contributed by atoms with van der Waals surface area (Å²) in [5, 5.41) is 0. The van der Waals surface area contributed by atoms with Crippen molar-refractivity contribution in [1.29, 1.82) is 0 Å². The molecule has 0 spiro atoms. The molecule has 1 atom stereocenters. The molecule has 5 heteroatoms. The van der Waals surface area contributed by atoms with Gasteiger partial charge in [-0.15, -0.1) is 0 Å². The van der Waals surface area contributed by atoms with Crippen LogP contribution in [-0.4, -0.2) is 15.0 Å². The van der Waals surface area contributed by atoms with E-state index in [4.69, 9.17) is 5.73 Å². The zero-order valence-corrected chi connectivity index (χ0v) is 11.2. The average molecular weight is 276 g/mol. The Morgan fingerprint density at radius 2 is 1.47 bits per heavy atom. The van der Waals surface area contributed by atoms with E-state index in [0.29, 0.717) is 0 Å². The lowest BCUT2D eigenvalue weighted by molar-refractivity contribution is 0.572. The van der Waals surface area contributed by atoms with Gasteiger partial charge in [0.1, 0.15) is 0 Å². The Morgan fingerprint density at radius 1 is 0.947 bits per heavy atom. The number of benzene rings is 2. The molecule has 2 aromatic carbocycles. The summed E-state index contributed by atoms with van der Waals surface area (Å²) < 4.78 is 26.5. The molecular formula is C14H16N2O2S. The SMILES string of the molecule is NC(CNS(=O)(=O)c1ccccc1)c1ccccc1. The molecule has 0 amide bonds. The minimum atomic E-state index is -3.49. The highest BCUT2D eigenvalue weighted by molar-refractivity contribution is 7.89. The monoisotopic (exact) mass is 276 g/mol. The smallest absolute Gasteiger partial charge is 0.240 e. The van der Waals surface area contributed by atoms with Crippen molar-refractivity contribution >= 4 is 10.0 Å². The van der Waals surface area contributed by atoms with Crippen LogP contribution in [0.15, 0.2) is 65.6 Å². The molecule has 0 aliphatic rings. The predicted octanol–water partition coefficient (Wildman–Crippen LogP) is 1.66. The van der Waals surface area contributed by atoms with E-state index in [2.05, 4.69) is 4.72 Å². The molecular weight excluding hydrogens is 260 g/mol. The fourth-order valence-corrected chi connectivity index (χ4v) is 2.78. The maximum Gasteiger partial charge on any atom is 0.240 e. The van der Waals surface area contributed by atoms with E-state index in [0.717, 1.165) is 5.56 Å². The van der Waals surface area contributed by atoms with Crippen LogP contribution in [0.25, 0.3) is 0 Å². The van der Waals surface area contributed by atoms with E-state index in [1.807, 2.05) is 30.3 Å². The quantitative estimate of drug-likeness (QED) is 0.872. The van der Waals surface area contributed by atoms with E-state index in [9.17, 15) is 8.42 Å². The van der Waals surface area contributed by atoms with Crippen LogP contribution in [0.4, 0.5) is 0 Å². The summed E-state index contributed by atoms with van der Waals surface area (Å²) in [7, 11) is -3.49. The minimum Gasteiger partial charge on any atom is -0.323 e. The van der Waals surface area contributed by atoms with Gasteiger partial charge in [-0.2, -0.15) is 0 Å². The van der Waals surface area contributed by atoms with Crippen LogP contribution in [0, 0.1) is 0 Å². The summed E-state index contributed by atoms with van der Waals surface area (Å²) in [6, 6.07) is 17.3. The topological polar surface area (TPSA) is 72.2 Å². The van der Waals surface area contributed by atoms with Crippen LogP contribution in [0.3, 0.4) is 0 Å². The maximum atomic E-state index is 12.0. The molecule has 3 N–H and O–H groups in total. The summed E-state index contributed by atoms with van der Waals surface area (Å²) in [6.45, 7) is 0.168. The lowest BCUT2D eigenvalue weighted by Crippen LogP contribution is -2.31. The fraction of sp³-hybridized carbons (Fsp3) is 0.143. The van der Waals surface area contributed by atoms with Crippen LogP contribution in [-0.2, 0) is 10.0 Å². The first kappa shape index (κ1) is 13.7. The molecule has 4 nitrogen and oxygen atoms in total. The minimum absolute atomic E-state index is 0.168. The number of rotatable bonds is 5.